The number of nitriles is 1. The molecule has 0 saturated carbocycles. The maximum absolute atomic E-state index is 8.83. The van der Waals surface area contributed by atoms with E-state index in [2.05, 4.69) is 20.9 Å². The minimum atomic E-state index is 0.137. The van der Waals surface area contributed by atoms with Crippen LogP contribution in [0.15, 0.2) is 34.8 Å². The zero-order valence-corrected chi connectivity index (χ0v) is 11.4. The van der Waals surface area contributed by atoms with Gasteiger partial charge in [-0.1, -0.05) is 11.6 Å². The Morgan fingerprint density at radius 2 is 2.11 bits per heavy atom. The molecule has 0 unspecified atom stereocenters. The number of pyridine rings is 1. The fourth-order valence-corrected chi connectivity index (χ4v) is 2.03. The Bertz CT molecular complexity index is 640. The first-order valence-electron chi connectivity index (χ1n) is 4.89. The van der Waals surface area contributed by atoms with Crippen LogP contribution in [-0.4, -0.2) is 4.98 Å². The van der Waals surface area contributed by atoms with Crippen LogP contribution in [0.5, 0.6) is 11.6 Å². The highest BCUT2D eigenvalue weighted by molar-refractivity contribution is 9.10. The molecule has 1 aromatic carbocycles. The number of nitrogens with zero attached hydrogens (tertiary/aromatic N) is 2. The molecule has 0 atom stereocenters. The van der Waals surface area contributed by atoms with Gasteiger partial charge in [0.2, 0.25) is 5.88 Å². The van der Waals surface area contributed by atoms with E-state index in [1.165, 1.54) is 0 Å². The molecule has 90 valence electrons. The molecule has 0 saturated heterocycles. The molecule has 2 aromatic rings. The molecule has 0 spiro atoms. The van der Waals surface area contributed by atoms with Crippen molar-refractivity contribution >= 4 is 33.2 Å². The fourth-order valence-electron chi connectivity index (χ4n) is 1.27. The molecule has 4 nitrogen and oxygen atoms in total. The fraction of sp³-hybridized carbons (Fsp3) is 0. The summed E-state index contributed by atoms with van der Waals surface area (Å²) in [5.41, 5.74) is 6.03. The Morgan fingerprint density at radius 1 is 1.33 bits per heavy atom. The summed E-state index contributed by atoms with van der Waals surface area (Å²) >= 11 is 9.16. The summed E-state index contributed by atoms with van der Waals surface area (Å²) in [6.07, 6.45) is 0. The molecule has 2 N–H and O–H groups in total. The van der Waals surface area contributed by atoms with Crippen molar-refractivity contribution in [3.63, 3.8) is 0 Å². The third-order valence-corrected chi connectivity index (χ3v) is 2.97. The quantitative estimate of drug-likeness (QED) is 0.913. The van der Waals surface area contributed by atoms with E-state index >= 15 is 0 Å². The minimum Gasteiger partial charge on any atom is -0.438 e. The summed E-state index contributed by atoms with van der Waals surface area (Å²) in [7, 11) is 0. The predicted molar refractivity (Wildman–Crippen MR) is 72.6 cm³/mol. The molecule has 0 aliphatic heterocycles. The monoisotopic (exact) mass is 323 g/mol. The number of hydrogen-bond donors (Lipinski definition) is 1. The predicted octanol–water partition coefficient (Wildman–Crippen LogP) is 3.74. The van der Waals surface area contributed by atoms with E-state index in [9.17, 15) is 0 Å². The van der Waals surface area contributed by atoms with Crippen LogP contribution in [0.3, 0.4) is 0 Å². The summed E-state index contributed by atoms with van der Waals surface area (Å²) in [5, 5.41) is 9.42. The summed E-state index contributed by atoms with van der Waals surface area (Å²) in [6.45, 7) is 0. The van der Waals surface area contributed by atoms with Crippen molar-refractivity contribution in [2.24, 2.45) is 0 Å². The van der Waals surface area contributed by atoms with Crippen molar-refractivity contribution in [1.29, 1.82) is 5.26 Å². The molecule has 0 aliphatic rings. The Labute approximate surface area is 117 Å². The molecule has 0 amide bonds. The van der Waals surface area contributed by atoms with Crippen LogP contribution in [0.25, 0.3) is 0 Å². The van der Waals surface area contributed by atoms with Crippen molar-refractivity contribution in [3.05, 3.63) is 45.5 Å². The second-order valence-corrected chi connectivity index (χ2v) is 4.67. The normalized spacial score (nSPS) is 9.83. The zero-order valence-electron chi connectivity index (χ0n) is 9.02. The largest absolute Gasteiger partial charge is 0.438 e. The molecule has 2 rings (SSSR count). The summed E-state index contributed by atoms with van der Waals surface area (Å²) in [5.74, 6) is 0.851. The van der Waals surface area contributed by atoms with Gasteiger partial charge in [0.15, 0.2) is 5.69 Å². The number of ether oxygens (including phenoxy) is 1. The molecule has 1 aromatic heterocycles. The van der Waals surface area contributed by atoms with Crippen LogP contribution >= 0.6 is 27.5 Å². The average molecular weight is 325 g/mol. The first-order chi connectivity index (χ1) is 8.60. The number of hydrogen-bond acceptors (Lipinski definition) is 4. The van der Waals surface area contributed by atoms with Crippen molar-refractivity contribution in [2.45, 2.75) is 0 Å². The molecular formula is C12H7BrClN3O. The van der Waals surface area contributed by atoms with Gasteiger partial charge in [0.05, 0.1) is 10.2 Å². The lowest BCUT2D eigenvalue weighted by Crippen LogP contribution is -1.96. The van der Waals surface area contributed by atoms with Gasteiger partial charge in [-0.25, -0.2) is 4.98 Å². The summed E-state index contributed by atoms with van der Waals surface area (Å²) in [6, 6.07) is 10.2. The van der Waals surface area contributed by atoms with Crippen molar-refractivity contribution < 1.29 is 4.74 Å². The Hall–Kier alpha value is -1.77. The van der Waals surface area contributed by atoms with Crippen LogP contribution in [0, 0.1) is 11.3 Å². The van der Waals surface area contributed by atoms with E-state index in [1.807, 2.05) is 6.07 Å². The van der Waals surface area contributed by atoms with E-state index in [-0.39, 0.29) is 5.69 Å². The number of nitrogen functional groups attached to an aromatic ring is 1. The maximum atomic E-state index is 8.83. The molecule has 18 heavy (non-hydrogen) atoms. The lowest BCUT2D eigenvalue weighted by Gasteiger charge is -2.07. The van der Waals surface area contributed by atoms with E-state index in [0.29, 0.717) is 26.8 Å². The third-order valence-electron chi connectivity index (χ3n) is 2.12. The average Bonchev–Trinajstić information content (AvgIpc) is 2.35. The lowest BCUT2D eigenvalue weighted by atomic mass is 10.3. The van der Waals surface area contributed by atoms with Crippen molar-refractivity contribution in [3.8, 4) is 17.7 Å². The molecular weight excluding hydrogens is 318 g/mol. The van der Waals surface area contributed by atoms with Crippen LogP contribution in [0.4, 0.5) is 5.69 Å². The molecule has 6 heteroatoms. The van der Waals surface area contributed by atoms with E-state index in [0.717, 1.165) is 0 Å². The Kier molecular flexibility index (Phi) is 3.70. The van der Waals surface area contributed by atoms with Crippen molar-refractivity contribution in [2.75, 3.05) is 5.73 Å². The number of anilines is 1. The highest BCUT2D eigenvalue weighted by atomic mass is 79.9. The zero-order chi connectivity index (χ0) is 13.1. The number of aromatic nitrogens is 1. The van der Waals surface area contributed by atoms with Crippen LogP contribution < -0.4 is 10.5 Å². The number of nitrogens with two attached hydrogens (primary N) is 1. The lowest BCUT2D eigenvalue weighted by molar-refractivity contribution is 0.460. The van der Waals surface area contributed by atoms with Gasteiger partial charge in [0.1, 0.15) is 11.8 Å². The van der Waals surface area contributed by atoms with E-state index in [4.69, 9.17) is 27.3 Å². The van der Waals surface area contributed by atoms with Crippen LogP contribution in [-0.2, 0) is 0 Å². The van der Waals surface area contributed by atoms with Gasteiger partial charge in [0.25, 0.3) is 0 Å². The molecule has 0 aliphatic carbocycles. The second kappa shape index (κ2) is 5.25. The van der Waals surface area contributed by atoms with Gasteiger partial charge in [-0.15, -0.1) is 0 Å². The maximum Gasteiger partial charge on any atom is 0.220 e. The van der Waals surface area contributed by atoms with E-state index in [1.54, 1.807) is 30.3 Å². The van der Waals surface area contributed by atoms with Crippen molar-refractivity contribution in [1.82, 2.24) is 4.98 Å². The SMILES string of the molecule is N#Cc1nc(Oc2ccc(Cl)cc2Br)ccc1N. The highest BCUT2D eigenvalue weighted by Crippen LogP contribution is 2.31. The standard InChI is InChI=1S/C12H7BrClN3O/c13-8-5-7(14)1-3-11(8)18-12-4-2-9(16)10(6-15)17-12/h1-5H,16H2. The second-order valence-electron chi connectivity index (χ2n) is 3.38. The van der Waals surface area contributed by atoms with Crippen LogP contribution in [0.1, 0.15) is 5.69 Å². The Morgan fingerprint density at radius 3 is 2.78 bits per heavy atom. The smallest absolute Gasteiger partial charge is 0.220 e. The number of halogens is 2. The van der Waals surface area contributed by atoms with Crippen LogP contribution in [0.2, 0.25) is 5.02 Å². The number of rotatable bonds is 2. The summed E-state index contributed by atoms with van der Waals surface area (Å²) in [4.78, 5) is 3.99. The van der Waals surface area contributed by atoms with Gasteiger partial charge in [0, 0.05) is 11.1 Å². The third kappa shape index (κ3) is 2.73. The highest BCUT2D eigenvalue weighted by Gasteiger charge is 2.07. The van der Waals surface area contributed by atoms with Gasteiger partial charge in [-0.3, -0.25) is 0 Å². The van der Waals surface area contributed by atoms with Gasteiger partial charge in [-0.2, -0.15) is 5.26 Å². The first kappa shape index (κ1) is 12.7. The van der Waals surface area contributed by atoms with Gasteiger partial charge in [-0.05, 0) is 40.2 Å². The van der Waals surface area contributed by atoms with Gasteiger partial charge < -0.3 is 10.5 Å². The van der Waals surface area contributed by atoms with Gasteiger partial charge >= 0.3 is 0 Å². The minimum absolute atomic E-state index is 0.137. The van der Waals surface area contributed by atoms with E-state index < -0.39 is 0 Å². The Balaban J connectivity index is 2.32. The first-order valence-corrected chi connectivity index (χ1v) is 6.07. The molecule has 0 fully saturated rings. The topological polar surface area (TPSA) is 71.9 Å². The molecule has 0 bridgehead atoms. The number of benzene rings is 1. The molecule has 1 heterocycles. The summed E-state index contributed by atoms with van der Waals surface area (Å²) < 4.78 is 6.24. The molecule has 0 radical (unpaired) electrons.